The molecule has 0 spiro atoms. The maximum atomic E-state index is 12.5. The van der Waals surface area contributed by atoms with Gasteiger partial charge in [0.1, 0.15) is 0 Å². The van der Waals surface area contributed by atoms with Gasteiger partial charge < -0.3 is 9.72 Å². The van der Waals surface area contributed by atoms with Crippen LogP contribution in [0.4, 0.5) is 0 Å². The molecule has 0 radical (unpaired) electrons. The Labute approximate surface area is 148 Å². The first-order valence-corrected chi connectivity index (χ1v) is 8.38. The summed E-state index contributed by atoms with van der Waals surface area (Å²) in [6.07, 6.45) is 0.970. The van der Waals surface area contributed by atoms with E-state index in [0.717, 1.165) is 20.9 Å². The maximum Gasteiger partial charge on any atom is 0.310 e. The van der Waals surface area contributed by atoms with Crippen molar-refractivity contribution in [2.24, 2.45) is 0 Å². The molecule has 0 bridgehead atoms. The van der Waals surface area contributed by atoms with E-state index in [1.54, 1.807) is 13.1 Å². The maximum absolute atomic E-state index is 12.5. The van der Waals surface area contributed by atoms with Crippen LogP contribution in [0.3, 0.4) is 0 Å². The molecule has 1 atom stereocenters. The van der Waals surface area contributed by atoms with E-state index >= 15 is 0 Å². The van der Waals surface area contributed by atoms with Crippen molar-refractivity contribution < 1.29 is 14.3 Å². The molecular weight excluding hydrogens is 370 g/mol. The van der Waals surface area contributed by atoms with Crippen LogP contribution in [0.25, 0.3) is 10.9 Å². The lowest BCUT2D eigenvalue weighted by atomic mass is 10.1. The van der Waals surface area contributed by atoms with E-state index in [1.807, 2.05) is 48.5 Å². The van der Waals surface area contributed by atoms with Crippen molar-refractivity contribution >= 4 is 38.6 Å². The van der Waals surface area contributed by atoms with Gasteiger partial charge >= 0.3 is 5.97 Å². The predicted octanol–water partition coefficient (Wildman–Crippen LogP) is 4.29. The van der Waals surface area contributed by atoms with Crippen LogP contribution in [0.2, 0.25) is 0 Å². The van der Waals surface area contributed by atoms with Gasteiger partial charge in [-0.1, -0.05) is 46.3 Å². The molecule has 0 saturated heterocycles. The van der Waals surface area contributed by atoms with E-state index < -0.39 is 12.1 Å². The summed E-state index contributed by atoms with van der Waals surface area (Å²) in [7, 11) is 0. The van der Waals surface area contributed by atoms with E-state index in [-0.39, 0.29) is 12.2 Å². The fraction of sp³-hybridized carbons (Fsp3) is 0.158. The van der Waals surface area contributed by atoms with E-state index in [4.69, 9.17) is 4.74 Å². The summed E-state index contributed by atoms with van der Waals surface area (Å²) in [5.74, 6) is -0.630. The van der Waals surface area contributed by atoms with Crippen LogP contribution in [0.15, 0.2) is 59.2 Å². The predicted molar refractivity (Wildman–Crippen MR) is 96.0 cm³/mol. The monoisotopic (exact) mass is 385 g/mol. The van der Waals surface area contributed by atoms with Crippen LogP contribution in [0, 0.1) is 0 Å². The van der Waals surface area contributed by atoms with Gasteiger partial charge in [0.15, 0.2) is 6.10 Å². The van der Waals surface area contributed by atoms with Crippen molar-refractivity contribution in [2.45, 2.75) is 19.4 Å². The molecule has 5 heteroatoms. The second kappa shape index (κ2) is 7.01. The molecule has 3 aromatic rings. The molecule has 1 N–H and O–H groups in total. The summed E-state index contributed by atoms with van der Waals surface area (Å²) in [4.78, 5) is 27.7. The minimum Gasteiger partial charge on any atom is -0.454 e. The third-order valence-electron chi connectivity index (χ3n) is 3.79. The lowest BCUT2D eigenvalue weighted by Crippen LogP contribution is -2.25. The number of hydrogen-bond donors (Lipinski definition) is 1. The number of ketones is 1. The van der Waals surface area contributed by atoms with Gasteiger partial charge in [0.05, 0.1) is 6.42 Å². The summed E-state index contributed by atoms with van der Waals surface area (Å²) in [6, 6.07) is 15.0. The van der Waals surface area contributed by atoms with Gasteiger partial charge in [0.25, 0.3) is 0 Å². The number of Topliss-reactive ketones (excluding diaryl/α,β-unsaturated/α-hetero) is 1. The minimum atomic E-state index is -0.827. The number of aromatic nitrogens is 1. The van der Waals surface area contributed by atoms with Crippen molar-refractivity contribution in [3.8, 4) is 0 Å². The molecule has 0 aliphatic rings. The van der Waals surface area contributed by atoms with E-state index in [2.05, 4.69) is 20.9 Å². The SMILES string of the molecule is C[C@H](OC(=O)Cc1ccc(Br)cc1)C(=O)c1c[nH]c2ccccc12. The Morgan fingerprint density at radius 3 is 2.58 bits per heavy atom. The summed E-state index contributed by atoms with van der Waals surface area (Å²) < 4.78 is 6.25. The van der Waals surface area contributed by atoms with Crippen LogP contribution in [0.1, 0.15) is 22.8 Å². The number of halogens is 1. The van der Waals surface area contributed by atoms with E-state index in [9.17, 15) is 9.59 Å². The van der Waals surface area contributed by atoms with Gasteiger partial charge in [0.2, 0.25) is 5.78 Å². The summed E-state index contributed by atoms with van der Waals surface area (Å²) in [5.41, 5.74) is 2.26. The number of rotatable bonds is 5. The number of benzene rings is 2. The topological polar surface area (TPSA) is 59.2 Å². The Hall–Kier alpha value is -2.40. The van der Waals surface area contributed by atoms with Gasteiger partial charge in [-0.25, -0.2) is 0 Å². The number of fused-ring (bicyclic) bond motifs is 1. The Balaban J connectivity index is 1.67. The first kappa shape index (κ1) is 16.5. The highest BCUT2D eigenvalue weighted by Gasteiger charge is 2.22. The Morgan fingerprint density at radius 1 is 1.12 bits per heavy atom. The van der Waals surface area contributed by atoms with Crippen molar-refractivity contribution in [1.82, 2.24) is 4.98 Å². The lowest BCUT2D eigenvalue weighted by Gasteiger charge is -2.12. The molecule has 122 valence electrons. The zero-order valence-corrected chi connectivity index (χ0v) is 14.7. The molecule has 1 aromatic heterocycles. The molecule has 1 heterocycles. The largest absolute Gasteiger partial charge is 0.454 e. The van der Waals surface area contributed by atoms with Gasteiger partial charge in [0, 0.05) is 27.1 Å². The van der Waals surface area contributed by atoms with Crippen LogP contribution in [0.5, 0.6) is 0 Å². The number of H-pyrrole nitrogens is 1. The number of carbonyl (C=O) groups is 2. The third kappa shape index (κ3) is 3.57. The molecule has 0 fully saturated rings. The molecule has 3 rings (SSSR count). The van der Waals surface area contributed by atoms with Crippen LogP contribution in [-0.2, 0) is 16.0 Å². The van der Waals surface area contributed by atoms with Gasteiger partial charge in [-0.3, -0.25) is 9.59 Å². The average molecular weight is 386 g/mol. The molecule has 4 nitrogen and oxygen atoms in total. The summed E-state index contributed by atoms with van der Waals surface area (Å²) >= 11 is 3.35. The quantitative estimate of drug-likeness (QED) is 0.526. The number of aromatic amines is 1. The highest BCUT2D eigenvalue weighted by molar-refractivity contribution is 9.10. The fourth-order valence-corrected chi connectivity index (χ4v) is 2.82. The van der Waals surface area contributed by atoms with Crippen molar-refractivity contribution in [3.05, 3.63) is 70.3 Å². The minimum absolute atomic E-state index is 0.138. The highest BCUT2D eigenvalue weighted by Crippen LogP contribution is 2.20. The molecule has 0 amide bonds. The second-order valence-corrected chi connectivity index (χ2v) is 6.46. The Morgan fingerprint density at radius 2 is 1.83 bits per heavy atom. The molecule has 24 heavy (non-hydrogen) atoms. The zero-order valence-electron chi connectivity index (χ0n) is 13.1. The third-order valence-corrected chi connectivity index (χ3v) is 4.32. The smallest absolute Gasteiger partial charge is 0.310 e. The first-order chi connectivity index (χ1) is 11.5. The van der Waals surface area contributed by atoms with Gasteiger partial charge in [-0.15, -0.1) is 0 Å². The van der Waals surface area contributed by atoms with E-state index in [0.29, 0.717) is 5.56 Å². The van der Waals surface area contributed by atoms with Crippen LogP contribution >= 0.6 is 15.9 Å². The number of carbonyl (C=O) groups excluding carboxylic acids is 2. The summed E-state index contributed by atoms with van der Waals surface area (Å²) in [6.45, 7) is 1.60. The molecule has 0 saturated carbocycles. The normalized spacial score (nSPS) is 12.1. The number of ether oxygens (including phenoxy) is 1. The molecule has 2 aromatic carbocycles. The zero-order chi connectivity index (χ0) is 17.1. The molecule has 0 aliphatic carbocycles. The van der Waals surface area contributed by atoms with Gasteiger partial charge in [-0.2, -0.15) is 0 Å². The van der Waals surface area contributed by atoms with Crippen molar-refractivity contribution in [2.75, 3.05) is 0 Å². The lowest BCUT2D eigenvalue weighted by molar-refractivity contribution is -0.145. The number of para-hydroxylation sites is 1. The number of hydrogen-bond acceptors (Lipinski definition) is 3. The number of nitrogens with one attached hydrogen (secondary N) is 1. The summed E-state index contributed by atoms with van der Waals surface area (Å²) in [5, 5.41) is 0.832. The van der Waals surface area contributed by atoms with Crippen molar-refractivity contribution in [1.29, 1.82) is 0 Å². The van der Waals surface area contributed by atoms with Crippen LogP contribution in [-0.4, -0.2) is 22.8 Å². The Kier molecular flexibility index (Phi) is 4.81. The average Bonchev–Trinajstić information content (AvgIpc) is 3.00. The van der Waals surface area contributed by atoms with E-state index in [1.165, 1.54) is 0 Å². The molecular formula is C19H16BrNO3. The molecule has 0 aliphatic heterocycles. The molecule has 0 unspecified atom stereocenters. The first-order valence-electron chi connectivity index (χ1n) is 7.59. The van der Waals surface area contributed by atoms with Crippen molar-refractivity contribution in [3.63, 3.8) is 0 Å². The van der Waals surface area contributed by atoms with Crippen LogP contribution < -0.4 is 0 Å². The van der Waals surface area contributed by atoms with Gasteiger partial charge in [-0.05, 0) is 30.7 Å². The number of esters is 1. The second-order valence-electron chi connectivity index (χ2n) is 5.55. The fourth-order valence-electron chi connectivity index (χ4n) is 2.56. The standard InChI is InChI=1S/C19H16BrNO3/c1-12(24-18(22)10-13-6-8-14(20)9-7-13)19(23)16-11-21-17-5-3-2-4-15(16)17/h2-9,11-12,21H,10H2,1H3/t12-/m0/s1. The highest BCUT2D eigenvalue weighted by atomic mass is 79.9. The Bertz CT molecular complexity index is 883.